The Morgan fingerprint density at radius 2 is 2.38 bits per heavy atom. The third kappa shape index (κ3) is 5.75. The van der Waals surface area contributed by atoms with Crippen molar-refractivity contribution in [1.82, 2.24) is 5.32 Å². The topological polar surface area (TPSA) is 55.1 Å². The van der Waals surface area contributed by atoms with Gasteiger partial charge in [-0.25, -0.2) is 0 Å². The summed E-state index contributed by atoms with van der Waals surface area (Å²) in [5.41, 5.74) is 5.47. The fourth-order valence-electron chi connectivity index (χ4n) is 1.90. The predicted octanol–water partition coefficient (Wildman–Crippen LogP) is 1.62. The molecule has 0 radical (unpaired) electrons. The molecule has 16 heavy (non-hydrogen) atoms. The molecule has 0 aromatic heterocycles. The van der Waals surface area contributed by atoms with Crippen molar-refractivity contribution in [2.24, 2.45) is 17.6 Å². The standard InChI is InChI=1S/C12H24N2OS/c1-10(4-6-13)2-3-12(15)14-8-11-5-7-16-9-11/h10-11H,2-9,13H2,1H3,(H,14,15). The van der Waals surface area contributed by atoms with Gasteiger partial charge in [0.15, 0.2) is 0 Å². The molecule has 2 unspecified atom stereocenters. The van der Waals surface area contributed by atoms with E-state index in [2.05, 4.69) is 12.2 Å². The first-order valence-electron chi connectivity index (χ1n) is 6.27. The highest BCUT2D eigenvalue weighted by molar-refractivity contribution is 7.99. The second-order valence-electron chi connectivity index (χ2n) is 4.75. The number of amides is 1. The number of hydrogen-bond donors (Lipinski definition) is 2. The Morgan fingerprint density at radius 1 is 1.56 bits per heavy atom. The molecule has 1 aliphatic heterocycles. The van der Waals surface area contributed by atoms with Crippen LogP contribution in [0.1, 0.15) is 32.6 Å². The van der Waals surface area contributed by atoms with Crippen LogP contribution in [-0.2, 0) is 4.79 Å². The van der Waals surface area contributed by atoms with Crippen LogP contribution in [-0.4, -0.2) is 30.5 Å². The minimum Gasteiger partial charge on any atom is -0.356 e. The Bertz CT molecular complexity index is 205. The summed E-state index contributed by atoms with van der Waals surface area (Å²) < 4.78 is 0. The van der Waals surface area contributed by atoms with Crippen LogP contribution in [0.2, 0.25) is 0 Å². The van der Waals surface area contributed by atoms with Gasteiger partial charge in [0.05, 0.1) is 0 Å². The highest BCUT2D eigenvalue weighted by Gasteiger charge is 2.16. The smallest absolute Gasteiger partial charge is 0.220 e. The Morgan fingerprint density at radius 3 is 3.00 bits per heavy atom. The summed E-state index contributed by atoms with van der Waals surface area (Å²) in [7, 11) is 0. The van der Waals surface area contributed by atoms with Gasteiger partial charge in [0.25, 0.3) is 0 Å². The van der Waals surface area contributed by atoms with Gasteiger partial charge in [0.1, 0.15) is 0 Å². The average Bonchev–Trinajstić information content (AvgIpc) is 2.77. The molecule has 94 valence electrons. The van der Waals surface area contributed by atoms with E-state index in [0.717, 1.165) is 25.9 Å². The van der Waals surface area contributed by atoms with E-state index >= 15 is 0 Å². The summed E-state index contributed by atoms with van der Waals surface area (Å²) in [5.74, 6) is 3.95. The second kappa shape index (κ2) is 7.96. The van der Waals surface area contributed by atoms with Crippen molar-refractivity contribution < 1.29 is 4.79 Å². The normalized spacial score (nSPS) is 22.0. The van der Waals surface area contributed by atoms with Crippen molar-refractivity contribution >= 4 is 17.7 Å². The number of carbonyl (C=O) groups excluding carboxylic acids is 1. The van der Waals surface area contributed by atoms with Crippen molar-refractivity contribution in [2.45, 2.75) is 32.6 Å². The molecule has 1 heterocycles. The lowest BCUT2D eigenvalue weighted by Crippen LogP contribution is -2.29. The molecule has 0 aliphatic carbocycles. The first-order valence-corrected chi connectivity index (χ1v) is 7.42. The predicted molar refractivity (Wildman–Crippen MR) is 70.5 cm³/mol. The quantitative estimate of drug-likeness (QED) is 0.715. The van der Waals surface area contributed by atoms with E-state index < -0.39 is 0 Å². The zero-order valence-corrected chi connectivity index (χ0v) is 11.0. The van der Waals surface area contributed by atoms with Crippen LogP contribution >= 0.6 is 11.8 Å². The van der Waals surface area contributed by atoms with Crippen molar-refractivity contribution in [3.8, 4) is 0 Å². The van der Waals surface area contributed by atoms with Gasteiger partial charge in [-0.2, -0.15) is 11.8 Å². The maximum atomic E-state index is 11.6. The molecule has 0 aromatic carbocycles. The van der Waals surface area contributed by atoms with Crippen LogP contribution in [0.3, 0.4) is 0 Å². The lowest BCUT2D eigenvalue weighted by Gasteiger charge is -2.12. The molecule has 2 atom stereocenters. The van der Waals surface area contributed by atoms with Crippen LogP contribution in [0.15, 0.2) is 0 Å². The molecule has 1 fully saturated rings. The van der Waals surface area contributed by atoms with Gasteiger partial charge in [-0.15, -0.1) is 0 Å². The fraction of sp³-hybridized carbons (Fsp3) is 0.917. The number of hydrogen-bond acceptors (Lipinski definition) is 3. The lowest BCUT2D eigenvalue weighted by atomic mass is 10.0. The minimum atomic E-state index is 0.209. The third-order valence-corrected chi connectivity index (χ3v) is 4.37. The average molecular weight is 244 g/mol. The van der Waals surface area contributed by atoms with Gasteiger partial charge < -0.3 is 11.1 Å². The molecule has 0 bridgehead atoms. The number of carbonyl (C=O) groups is 1. The van der Waals surface area contributed by atoms with Crippen LogP contribution < -0.4 is 11.1 Å². The lowest BCUT2D eigenvalue weighted by molar-refractivity contribution is -0.121. The summed E-state index contributed by atoms with van der Waals surface area (Å²) in [6.45, 7) is 3.76. The van der Waals surface area contributed by atoms with Crippen LogP contribution in [0.5, 0.6) is 0 Å². The Balaban J connectivity index is 2.01. The van der Waals surface area contributed by atoms with E-state index in [-0.39, 0.29) is 5.91 Å². The van der Waals surface area contributed by atoms with Crippen molar-refractivity contribution in [2.75, 3.05) is 24.6 Å². The van der Waals surface area contributed by atoms with Crippen molar-refractivity contribution in [3.05, 3.63) is 0 Å². The van der Waals surface area contributed by atoms with Gasteiger partial charge in [-0.3, -0.25) is 4.79 Å². The van der Waals surface area contributed by atoms with E-state index in [9.17, 15) is 4.79 Å². The zero-order valence-electron chi connectivity index (χ0n) is 10.2. The monoisotopic (exact) mass is 244 g/mol. The van der Waals surface area contributed by atoms with Gasteiger partial charge in [-0.05, 0) is 49.1 Å². The van der Waals surface area contributed by atoms with Crippen LogP contribution in [0.4, 0.5) is 0 Å². The van der Waals surface area contributed by atoms with Gasteiger partial charge in [0.2, 0.25) is 5.91 Å². The largest absolute Gasteiger partial charge is 0.356 e. The summed E-state index contributed by atoms with van der Waals surface area (Å²) >= 11 is 1.99. The van der Waals surface area contributed by atoms with E-state index in [0.29, 0.717) is 18.3 Å². The third-order valence-electron chi connectivity index (χ3n) is 3.14. The molecule has 1 amide bonds. The highest BCUT2D eigenvalue weighted by Crippen LogP contribution is 2.22. The van der Waals surface area contributed by atoms with Crippen LogP contribution in [0, 0.1) is 11.8 Å². The van der Waals surface area contributed by atoms with Gasteiger partial charge in [0, 0.05) is 13.0 Å². The van der Waals surface area contributed by atoms with Crippen molar-refractivity contribution in [3.63, 3.8) is 0 Å². The van der Waals surface area contributed by atoms with E-state index in [1.807, 2.05) is 11.8 Å². The molecule has 1 aliphatic rings. The number of rotatable bonds is 7. The second-order valence-corrected chi connectivity index (χ2v) is 5.90. The molecular formula is C12H24N2OS. The van der Waals surface area contributed by atoms with Crippen molar-refractivity contribution in [1.29, 1.82) is 0 Å². The van der Waals surface area contributed by atoms with Gasteiger partial charge >= 0.3 is 0 Å². The molecule has 3 nitrogen and oxygen atoms in total. The Labute approximate surface area is 103 Å². The SMILES string of the molecule is CC(CCN)CCC(=O)NCC1CCSC1. The number of nitrogens with one attached hydrogen (secondary N) is 1. The first kappa shape index (κ1) is 13.8. The molecule has 0 spiro atoms. The van der Waals surface area contributed by atoms with Gasteiger partial charge in [-0.1, -0.05) is 6.92 Å². The zero-order chi connectivity index (χ0) is 11.8. The first-order chi connectivity index (χ1) is 7.72. The maximum Gasteiger partial charge on any atom is 0.220 e. The molecule has 4 heteroatoms. The fourth-order valence-corrected chi connectivity index (χ4v) is 3.18. The van der Waals surface area contributed by atoms with E-state index in [1.165, 1.54) is 17.9 Å². The highest BCUT2D eigenvalue weighted by atomic mass is 32.2. The molecular weight excluding hydrogens is 220 g/mol. The summed E-state index contributed by atoms with van der Waals surface area (Å²) in [6.07, 6.45) is 3.89. The molecule has 3 N–H and O–H groups in total. The number of nitrogens with two attached hydrogens (primary N) is 1. The molecule has 1 saturated heterocycles. The number of thioether (sulfide) groups is 1. The van der Waals surface area contributed by atoms with Crippen LogP contribution in [0.25, 0.3) is 0 Å². The summed E-state index contributed by atoms with van der Waals surface area (Å²) in [6, 6.07) is 0. The Hall–Kier alpha value is -0.220. The Kier molecular flexibility index (Phi) is 6.88. The van der Waals surface area contributed by atoms with E-state index in [1.54, 1.807) is 0 Å². The van der Waals surface area contributed by atoms with E-state index in [4.69, 9.17) is 5.73 Å². The molecule has 1 rings (SSSR count). The molecule has 0 aromatic rings. The molecule has 0 saturated carbocycles. The maximum absolute atomic E-state index is 11.6. The summed E-state index contributed by atoms with van der Waals surface area (Å²) in [5, 5.41) is 3.04. The minimum absolute atomic E-state index is 0.209. The summed E-state index contributed by atoms with van der Waals surface area (Å²) in [4.78, 5) is 11.6.